The van der Waals surface area contributed by atoms with Crippen LogP contribution in [0.5, 0.6) is 0 Å². The normalized spacial score (nSPS) is 13.5. The van der Waals surface area contributed by atoms with Crippen molar-refractivity contribution in [3.63, 3.8) is 0 Å². The molecule has 0 aromatic rings. The van der Waals surface area contributed by atoms with Crippen LogP contribution in [0, 0.1) is 5.92 Å². The van der Waals surface area contributed by atoms with E-state index in [1.807, 2.05) is 6.92 Å². The molecule has 3 N–H and O–H groups in total. The third-order valence-corrected chi connectivity index (χ3v) is 2.53. The van der Waals surface area contributed by atoms with Gasteiger partial charge in [-0.2, -0.15) is 26.3 Å². The first-order chi connectivity index (χ1) is 11.1. The molecule has 25 heavy (non-hydrogen) atoms. The minimum Gasteiger partial charge on any atom is -0.475 e. The van der Waals surface area contributed by atoms with Gasteiger partial charge in [0, 0.05) is 0 Å². The predicted molar refractivity (Wildman–Crippen MR) is 77.0 cm³/mol. The second-order valence-corrected chi connectivity index (χ2v) is 5.29. The number of aliphatic hydroxyl groups excluding tert-OH is 1. The Balaban J connectivity index is -0.000000304. The summed E-state index contributed by atoms with van der Waals surface area (Å²) in [6.07, 6.45) is -4.09. The van der Waals surface area contributed by atoms with Gasteiger partial charge in [-0.05, 0) is 19.3 Å². The molecular formula is C14H24F6O5. The highest BCUT2D eigenvalue weighted by molar-refractivity contribution is 5.73. The summed E-state index contributed by atoms with van der Waals surface area (Å²) >= 11 is 0. The Morgan fingerprint density at radius 1 is 0.880 bits per heavy atom. The third-order valence-electron chi connectivity index (χ3n) is 2.53. The minimum atomic E-state index is -5.08. The van der Waals surface area contributed by atoms with Crippen LogP contribution in [0.2, 0.25) is 0 Å². The molecule has 2 atom stereocenters. The second kappa shape index (κ2) is 13.7. The van der Waals surface area contributed by atoms with Gasteiger partial charge in [-0.15, -0.1) is 0 Å². The monoisotopic (exact) mass is 386 g/mol. The average molecular weight is 386 g/mol. The standard InChI is InChI=1S/C10H22O.2C2HF3O2/c1-4-5-6-7-9(2)8-10(3)11;2*3-2(4,5)1(6)7/h9-11H,4-8H2,1-3H3;2*(H,6,7). The molecule has 0 aliphatic carbocycles. The van der Waals surface area contributed by atoms with Crippen molar-refractivity contribution < 1.29 is 51.3 Å². The summed E-state index contributed by atoms with van der Waals surface area (Å²) in [5.74, 6) is -4.82. The zero-order valence-corrected chi connectivity index (χ0v) is 14.1. The van der Waals surface area contributed by atoms with Crippen LogP contribution in [0.4, 0.5) is 26.3 Å². The van der Waals surface area contributed by atoms with Gasteiger partial charge in [-0.1, -0.05) is 39.5 Å². The van der Waals surface area contributed by atoms with E-state index in [0.29, 0.717) is 5.92 Å². The predicted octanol–water partition coefficient (Wildman–Crippen LogP) is 4.24. The molecule has 0 aliphatic rings. The molecule has 0 radical (unpaired) electrons. The van der Waals surface area contributed by atoms with Crippen LogP contribution in [-0.2, 0) is 9.59 Å². The molecule has 2 unspecified atom stereocenters. The number of carboxylic acids is 2. The summed E-state index contributed by atoms with van der Waals surface area (Å²) in [4.78, 5) is 17.8. The van der Waals surface area contributed by atoms with Gasteiger partial charge in [-0.3, -0.25) is 0 Å². The van der Waals surface area contributed by atoms with Gasteiger partial charge in [0.2, 0.25) is 0 Å². The van der Waals surface area contributed by atoms with Crippen molar-refractivity contribution in [2.75, 3.05) is 0 Å². The molecule has 0 amide bonds. The third kappa shape index (κ3) is 24.8. The first kappa shape index (κ1) is 28.3. The molecular weight excluding hydrogens is 362 g/mol. The van der Waals surface area contributed by atoms with Crippen LogP contribution in [-0.4, -0.2) is 45.7 Å². The number of rotatable bonds is 6. The molecule has 0 fully saturated rings. The Morgan fingerprint density at radius 3 is 1.40 bits per heavy atom. The fraction of sp³-hybridized carbons (Fsp3) is 0.857. The summed E-state index contributed by atoms with van der Waals surface area (Å²) in [6.45, 7) is 6.32. The smallest absolute Gasteiger partial charge is 0.475 e. The van der Waals surface area contributed by atoms with Gasteiger partial charge in [0.25, 0.3) is 0 Å². The lowest BCUT2D eigenvalue weighted by atomic mass is 9.98. The van der Waals surface area contributed by atoms with Crippen LogP contribution in [0.25, 0.3) is 0 Å². The number of unbranched alkanes of at least 4 members (excludes halogenated alkanes) is 2. The molecule has 0 saturated carbocycles. The van der Waals surface area contributed by atoms with E-state index in [0.717, 1.165) is 6.42 Å². The van der Waals surface area contributed by atoms with E-state index in [1.165, 1.54) is 25.7 Å². The maximum atomic E-state index is 10.6. The molecule has 0 rings (SSSR count). The molecule has 0 aliphatic heterocycles. The van der Waals surface area contributed by atoms with Gasteiger partial charge in [0.15, 0.2) is 0 Å². The molecule has 0 spiro atoms. The summed E-state index contributed by atoms with van der Waals surface area (Å²) in [7, 11) is 0. The van der Waals surface area contributed by atoms with E-state index in [4.69, 9.17) is 24.9 Å². The topological polar surface area (TPSA) is 94.8 Å². The van der Waals surface area contributed by atoms with Gasteiger partial charge in [0.1, 0.15) is 0 Å². The maximum absolute atomic E-state index is 10.6. The highest BCUT2D eigenvalue weighted by Crippen LogP contribution is 2.15. The SMILES string of the molecule is CCCCCC(C)CC(C)O.O=C(O)C(F)(F)F.O=C(O)C(F)(F)F. The highest BCUT2D eigenvalue weighted by atomic mass is 19.4. The molecule has 5 nitrogen and oxygen atoms in total. The van der Waals surface area contributed by atoms with Crippen molar-refractivity contribution in [3.8, 4) is 0 Å². The Bertz CT molecular complexity index is 342. The van der Waals surface area contributed by atoms with E-state index in [1.54, 1.807) is 0 Å². The molecule has 0 aromatic heterocycles. The summed E-state index contributed by atoms with van der Waals surface area (Å²) in [6, 6.07) is 0. The highest BCUT2D eigenvalue weighted by Gasteiger charge is 2.38. The van der Waals surface area contributed by atoms with Gasteiger partial charge >= 0.3 is 24.3 Å². The molecule has 152 valence electrons. The van der Waals surface area contributed by atoms with Crippen LogP contribution >= 0.6 is 0 Å². The van der Waals surface area contributed by atoms with Crippen molar-refractivity contribution in [2.24, 2.45) is 5.92 Å². The number of hydrogen-bond donors (Lipinski definition) is 3. The van der Waals surface area contributed by atoms with E-state index in [-0.39, 0.29) is 6.10 Å². The van der Waals surface area contributed by atoms with E-state index >= 15 is 0 Å². The number of alkyl halides is 6. The Labute approximate surface area is 141 Å². The fourth-order valence-electron chi connectivity index (χ4n) is 1.44. The largest absolute Gasteiger partial charge is 0.490 e. The fourth-order valence-corrected chi connectivity index (χ4v) is 1.44. The van der Waals surface area contributed by atoms with Gasteiger partial charge in [0.05, 0.1) is 6.10 Å². The molecule has 0 saturated heterocycles. The van der Waals surface area contributed by atoms with Crippen molar-refractivity contribution in [2.45, 2.75) is 71.3 Å². The number of carboxylic acid groups (broad SMARTS) is 2. The average Bonchev–Trinajstić information content (AvgIpc) is 2.37. The Kier molecular flexibility index (Phi) is 15.5. The first-order valence-corrected chi connectivity index (χ1v) is 7.33. The maximum Gasteiger partial charge on any atom is 0.490 e. The van der Waals surface area contributed by atoms with E-state index in [2.05, 4.69) is 13.8 Å². The number of aliphatic hydroxyl groups is 1. The van der Waals surface area contributed by atoms with Gasteiger partial charge in [-0.25, -0.2) is 9.59 Å². The summed E-state index contributed by atoms with van der Waals surface area (Å²) in [5.41, 5.74) is 0. The summed E-state index contributed by atoms with van der Waals surface area (Å²) in [5, 5.41) is 23.3. The lowest BCUT2D eigenvalue weighted by Gasteiger charge is -2.12. The second-order valence-electron chi connectivity index (χ2n) is 5.29. The number of carbonyl (C=O) groups is 2. The molecule has 0 heterocycles. The Morgan fingerprint density at radius 2 is 1.20 bits per heavy atom. The number of hydrogen-bond acceptors (Lipinski definition) is 3. The summed E-state index contributed by atoms with van der Waals surface area (Å²) < 4.78 is 63.5. The molecule has 0 aromatic carbocycles. The number of halogens is 6. The first-order valence-electron chi connectivity index (χ1n) is 7.33. The Hall–Kier alpha value is -1.52. The van der Waals surface area contributed by atoms with Crippen molar-refractivity contribution >= 4 is 11.9 Å². The van der Waals surface area contributed by atoms with Crippen LogP contribution in [0.15, 0.2) is 0 Å². The van der Waals surface area contributed by atoms with Crippen LogP contribution in [0.1, 0.15) is 52.9 Å². The van der Waals surface area contributed by atoms with Crippen molar-refractivity contribution in [3.05, 3.63) is 0 Å². The van der Waals surface area contributed by atoms with Crippen molar-refractivity contribution in [1.82, 2.24) is 0 Å². The van der Waals surface area contributed by atoms with Crippen LogP contribution in [0.3, 0.4) is 0 Å². The zero-order valence-electron chi connectivity index (χ0n) is 14.1. The van der Waals surface area contributed by atoms with Crippen LogP contribution < -0.4 is 0 Å². The van der Waals surface area contributed by atoms with Gasteiger partial charge < -0.3 is 15.3 Å². The van der Waals surface area contributed by atoms with E-state index < -0.39 is 24.3 Å². The lowest BCUT2D eigenvalue weighted by molar-refractivity contribution is -0.193. The molecule has 11 heteroatoms. The van der Waals surface area contributed by atoms with E-state index in [9.17, 15) is 26.3 Å². The lowest BCUT2D eigenvalue weighted by Crippen LogP contribution is -2.21. The quantitative estimate of drug-likeness (QED) is 0.469. The molecule has 0 bridgehead atoms. The number of aliphatic carboxylic acids is 2. The zero-order chi connectivity index (χ0) is 20.8. The van der Waals surface area contributed by atoms with Crippen molar-refractivity contribution in [1.29, 1.82) is 0 Å². The minimum absolute atomic E-state index is 0.119.